The molecule has 2 rings (SSSR count). The van der Waals surface area contributed by atoms with Gasteiger partial charge in [0.15, 0.2) is 11.0 Å². The van der Waals surface area contributed by atoms with E-state index >= 15 is 0 Å². The van der Waals surface area contributed by atoms with Crippen LogP contribution in [0.15, 0.2) is 30.3 Å². The lowest BCUT2D eigenvalue weighted by Crippen LogP contribution is -2.17. The van der Waals surface area contributed by atoms with Gasteiger partial charge in [-0.1, -0.05) is 11.6 Å². The monoisotopic (exact) mass is 369 g/mol. The second-order valence-corrected chi connectivity index (χ2v) is 4.88. The number of hydrogen-bond donors (Lipinski definition) is 1. The maximum Gasteiger partial charge on any atom is 0.416 e. The van der Waals surface area contributed by atoms with Crippen molar-refractivity contribution in [3.63, 3.8) is 0 Å². The van der Waals surface area contributed by atoms with Crippen molar-refractivity contribution < 1.29 is 31.1 Å². The Labute approximate surface area is 135 Å². The fourth-order valence-electron chi connectivity index (χ4n) is 1.66. The minimum absolute atomic E-state index is 0.00794. The third kappa shape index (κ3) is 4.34. The Morgan fingerprint density at radius 1 is 0.917 bits per heavy atom. The van der Waals surface area contributed by atoms with Gasteiger partial charge in [-0.05, 0) is 30.3 Å². The molecule has 11 heteroatoms. The van der Waals surface area contributed by atoms with Crippen molar-refractivity contribution in [2.24, 2.45) is 0 Å². The molecule has 0 spiro atoms. The molecule has 0 radical (unpaired) electrons. The molecule has 1 N–H and O–H groups in total. The molecule has 1 amide bonds. The number of hydrogen-bond acceptors (Lipinski definition) is 3. The predicted octanol–water partition coefficient (Wildman–Crippen LogP) is 4.42. The highest BCUT2D eigenvalue weighted by atomic mass is 35.5. The van der Waals surface area contributed by atoms with Gasteiger partial charge in [0.1, 0.15) is 0 Å². The van der Waals surface area contributed by atoms with Crippen molar-refractivity contribution in [3.8, 4) is 0 Å². The molecule has 24 heavy (non-hydrogen) atoms. The van der Waals surface area contributed by atoms with Crippen LogP contribution in [0, 0.1) is 0 Å². The number of carbonyl (C=O) groups is 1. The van der Waals surface area contributed by atoms with E-state index in [2.05, 4.69) is 10.2 Å². The molecule has 1 heterocycles. The average Bonchev–Trinajstić information content (AvgIpc) is 2.47. The maximum atomic E-state index is 12.7. The van der Waals surface area contributed by atoms with Crippen LogP contribution in [0.3, 0.4) is 0 Å². The van der Waals surface area contributed by atoms with Crippen LogP contribution in [-0.2, 0) is 12.4 Å². The van der Waals surface area contributed by atoms with E-state index in [4.69, 9.17) is 11.6 Å². The van der Waals surface area contributed by atoms with Gasteiger partial charge in [-0.3, -0.25) is 4.79 Å². The number of aromatic nitrogens is 2. The number of halogens is 7. The Morgan fingerprint density at radius 2 is 1.46 bits per heavy atom. The molecule has 0 aliphatic rings. The zero-order chi connectivity index (χ0) is 18.1. The SMILES string of the molecule is O=C(Nc1ccc(Cl)nn1)c1cc(C(F)(F)F)cc(C(F)(F)F)c1. The van der Waals surface area contributed by atoms with Gasteiger partial charge in [0.2, 0.25) is 0 Å². The van der Waals surface area contributed by atoms with Crippen molar-refractivity contribution in [1.29, 1.82) is 0 Å². The van der Waals surface area contributed by atoms with E-state index in [1.807, 2.05) is 5.32 Å². The van der Waals surface area contributed by atoms with Gasteiger partial charge < -0.3 is 5.32 Å². The highest BCUT2D eigenvalue weighted by Gasteiger charge is 2.37. The molecule has 0 atom stereocenters. The number of amides is 1. The summed E-state index contributed by atoms with van der Waals surface area (Å²) in [5.41, 5.74) is -4.01. The van der Waals surface area contributed by atoms with Crippen molar-refractivity contribution in [1.82, 2.24) is 10.2 Å². The predicted molar refractivity (Wildman–Crippen MR) is 71.4 cm³/mol. The van der Waals surface area contributed by atoms with Gasteiger partial charge in [0, 0.05) is 5.56 Å². The molecule has 1 aromatic carbocycles. The summed E-state index contributed by atoms with van der Waals surface area (Å²) >= 11 is 5.47. The maximum absolute atomic E-state index is 12.7. The van der Waals surface area contributed by atoms with E-state index in [-0.39, 0.29) is 17.0 Å². The van der Waals surface area contributed by atoms with Crippen molar-refractivity contribution in [2.75, 3.05) is 5.32 Å². The highest BCUT2D eigenvalue weighted by molar-refractivity contribution is 6.29. The number of rotatable bonds is 2. The lowest BCUT2D eigenvalue weighted by molar-refractivity contribution is -0.143. The number of alkyl halides is 6. The fourth-order valence-corrected chi connectivity index (χ4v) is 1.76. The number of nitrogens with one attached hydrogen (secondary N) is 1. The first-order valence-electron chi connectivity index (χ1n) is 6.07. The smallest absolute Gasteiger partial charge is 0.305 e. The van der Waals surface area contributed by atoms with E-state index in [0.29, 0.717) is 12.1 Å². The van der Waals surface area contributed by atoms with E-state index in [0.717, 1.165) is 0 Å². The number of anilines is 1. The van der Waals surface area contributed by atoms with Crippen LogP contribution >= 0.6 is 11.6 Å². The molecule has 0 unspecified atom stereocenters. The van der Waals surface area contributed by atoms with Gasteiger partial charge >= 0.3 is 12.4 Å². The molecule has 128 valence electrons. The number of carbonyl (C=O) groups excluding carboxylic acids is 1. The average molecular weight is 370 g/mol. The van der Waals surface area contributed by atoms with Crippen molar-refractivity contribution in [3.05, 3.63) is 52.2 Å². The van der Waals surface area contributed by atoms with Gasteiger partial charge in [-0.2, -0.15) is 26.3 Å². The van der Waals surface area contributed by atoms with E-state index < -0.39 is 35.0 Å². The van der Waals surface area contributed by atoms with Gasteiger partial charge in [-0.25, -0.2) is 0 Å². The summed E-state index contributed by atoms with van der Waals surface area (Å²) in [6.45, 7) is 0. The van der Waals surface area contributed by atoms with Crippen LogP contribution in [-0.4, -0.2) is 16.1 Å². The molecule has 0 aliphatic heterocycles. The second-order valence-electron chi connectivity index (χ2n) is 4.49. The fraction of sp³-hybridized carbons (Fsp3) is 0.154. The quantitative estimate of drug-likeness (QED) is 0.797. The van der Waals surface area contributed by atoms with Crippen LogP contribution in [0.1, 0.15) is 21.5 Å². The third-order valence-corrected chi connectivity index (χ3v) is 2.93. The summed E-state index contributed by atoms with van der Waals surface area (Å²) in [5, 5.41) is 8.84. The van der Waals surface area contributed by atoms with Crippen LogP contribution < -0.4 is 5.32 Å². The minimum atomic E-state index is -5.05. The molecule has 4 nitrogen and oxygen atoms in total. The summed E-state index contributed by atoms with van der Waals surface area (Å²) in [4.78, 5) is 11.9. The number of benzene rings is 1. The Hall–Kier alpha value is -2.36. The Morgan fingerprint density at radius 3 is 1.88 bits per heavy atom. The van der Waals surface area contributed by atoms with Crippen LogP contribution in [0.2, 0.25) is 5.15 Å². The Balaban J connectivity index is 2.40. The van der Waals surface area contributed by atoms with Gasteiger partial charge in [-0.15, -0.1) is 10.2 Å². The molecule has 0 saturated carbocycles. The molecule has 2 aromatic rings. The lowest BCUT2D eigenvalue weighted by atomic mass is 10.0. The molecule has 0 fully saturated rings. The molecular formula is C13H6ClF6N3O. The highest BCUT2D eigenvalue weighted by Crippen LogP contribution is 2.36. The van der Waals surface area contributed by atoms with Crippen LogP contribution in [0.5, 0.6) is 0 Å². The minimum Gasteiger partial charge on any atom is -0.305 e. The molecule has 0 saturated heterocycles. The second kappa shape index (κ2) is 6.27. The summed E-state index contributed by atoms with van der Waals surface area (Å²) in [7, 11) is 0. The van der Waals surface area contributed by atoms with Gasteiger partial charge in [0.25, 0.3) is 5.91 Å². The largest absolute Gasteiger partial charge is 0.416 e. The standard InChI is InChI=1S/C13H6ClF6N3O/c14-9-1-2-10(23-22-9)21-11(24)6-3-7(12(15,16)17)5-8(4-6)13(18,19)20/h1-5H,(H,21,23,24). The number of nitrogens with zero attached hydrogens (tertiary/aromatic N) is 2. The first kappa shape index (κ1) is 18.0. The van der Waals surface area contributed by atoms with E-state index in [1.54, 1.807) is 0 Å². The van der Waals surface area contributed by atoms with E-state index in [1.165, 1.54) is 12.1 Å². The van der Waals surface area contributed by atoms with Crippen molar-refractivity contribution in [2.45, 2.75) is 12.4 Å². The van der Waals surface area contributed by atoms with Crippen LogP contribution in [0.4, 0.5) is 32.2 Å². The summed E-state index contributed by atoms with van der Waals surface area (Å²) in [5.74, 6) is -1.39. The third-order valence-electron chi connectivity index (χ3n) is 2.72. The topological polar surface area (TPSA) is 54.9 Å². The molecule has 0 aliphatic carbocycles. The Bertz CT molecular complexity index is 726. The normalized spacial score (nSPS) is 12.1. The van der Waals surface area contributed by atoms with Crippen molar-refractivity contribution >= 4 is 23.3 Å². The molecule has 0 bridgehead atoms. The first-order valence-corrected chi connectivity index (χ1v) is 6.44. The molecule has 1 aromatic heterocycles. The Kier molecular flexibility index (Phi) is 4.70. The zero-order valence-electron chi connectivity index (χ0n) is 11.3. The zero-order valence-corrected chi connectivity index (χ0v) is 12.1. The first-order chi connectivity index (χ1) is 11.0. The van der Waals surface area contributed by atoms with Gasteiger partial charge in [0.05, 0.1) is 11.1 Å². The summed E-state index contributed by atoms with van der Waals surface area (Å²) < 4.78 is 76.4. The molecular weight excluding hydrogens is 364 g/mol. The van der Waals surface area contributed by atoms with Crippen LogP contribution in [0.25, 0.3) is 0 Å². The van der Waals surface area contributed by atoms with E-state index in [9.17, 15) is 31.1 Å². The summed E-state index contributed by atoms with van der Waals surface area (Å²) in [6.07, 6.45) is -10.1. The lowest BCUT2D eigenvalue weighted by Gasteiger charge is -2.14. The summed E-state index contributed by atoms with van der Waals surface area (Å²) in [6, 6.07) is 2.98.